The van der Waals surface area contributed by atoms with Crippen LogP contribution >= 0.6 is 24.0 Å². The van der Waals surface area contributed by atoms with Crippen molar-refractivity contribution in [1.29, 1.82) is 0 Å². The zero-order valence-corrected chi connectivity index (χ0v) is 16.2. The molecule has 0 radical (unpaired) electrons. The third-order valence-electron chi connectivity index (χ3n) is 3.27. The molecule has 0 aliphatic rings. The summed E-state index contributed by atoms with van der Waals surface area (Å²) in [5.41, 5.74) is 2.07. The molecule has 0 saturated heterocycles. The van der Waals surface area contributed by atoms with Gasteiger partial charge in [0.25, 0.3) is 0 Å². The minimum atomic E-state index is -0.229. The fourth-order valence-corrected chi connectivity index (χ4v) is 2.07. The van der Waals surface area contributed by atoms with Crippen LogP contribution in [0.25, 0.3) is 0 Å². The molecule has 0 unspecified atom stereocenters. The van der Waals surface area contributed by atoms with E-state index in [0.29, 0.717) is 13.1 Å². The van der Waals surface area contributed by atoms with Gasteiger partial charge in [0.2, 0.25) is 0 Å². The van der Waals surface area contributed by atoms with Crippen molar-refractivity contribution in [3.8, 4) is 5.75 Å². The number of methoxy groups -OCH3 is 1. The molecular formula is C18H23FIN3O. The Kier molecular flexibility index (Phi) is 9.14. The number of ether oxygens (including phenoxy) is 1. The summed E-state index contributed by atoms with van der Waals surface area (Å²) in [6.07, 6.45) is 0. The second kappa shape index (κ2) is 10.9. The zero-order chi connectivity index (χ0) is 16.5. The minimum Gasteiger partial charge on any atom is -0.497 e. The van der Waals surface area contributed by atoms with E-state index in [-0.39, 0.29) is 29.8 Å². The lowest BCUT2D eigenvalue weighted by molar-refractivity contribution is 0.414. The third kappa shape index (κ3) is 6.74. The summed E-state index contributed by atoms with van der Waals surface area (Å²) >= 11 is 0. The van der Waals surface area contributed by atoms with Crippen LogP contribution in [-0.4, -0.2) is 19.6 Å². The summed E-state index contributed by atoms with van der Waals surface area (Å²) in [4.78, 5) is 4.56. The molecule has 0 heterocycles. The van der Waals surface area contributed by atoms with E-state index < -0.39 is 0 Å². The fraction of sp³-hybridized carbons (Fsp3) is 0.278. The Labute approximate surface area is 159 Å². The second-order valence-corrected chi connectivity index (χ2v) is 5.03. The molecule has 0 aliphatic heterocycles. The molecule has 4 nitrogen and oxygen atoms in total. The fourth-order valence-electron chi connectivity index (χ4n) is 2.07. The molecule has 0 bridgehead atoms. The van der Waals surface area contributed by atoms with Crippen molar-refractivity contribution < 1.29 is 9.13 Å². The number of aliphatic imine (C=N–C) groups is 1. The van der Waals surface area contributed by atoms with Crippen molar-refractivity contribution >= 4 is 29.9 Å². The van der Waals surface area contributed by atoms with Crippen LogP contribution in [0.2, 0.25) is 0 Å². The van der Waals surface area contributed by atoms with Gasteiger partial charge >= 0.3 is 0 Å². The lowest BCUT2D eigenvalue weighted by Gasteiger charge is -2.11. The van der Waals surface area contributed by atoms with E-state index in [9.17, 15) is 4.39 Å². The van der Waals surface area contributed by atoms with E-state index in [1.165, 1.54) is 12.1 Å². The van der Waals surface area contributed by atoms with Gasteiger partial charge in [-0.05, 0) is 42.3 Å². The number of halogens is 2. The van der Waals surface area contributed by atoms with Gasteiger partial charge in [-0.25, -0.2) is 9.38 Å². The lowest BCUT2D eigenvalue weighted by Crippen LogP contribution is -2.36. The maximum Gasteiger partial charge on any atom is 0.191 e. The quantitative estimate of drug-likeness (QED) is 0.407. The summed E-state index contributed by atoms with van der Waals surface area (Å²) in [6.45, 7) is 3.92. The van der Waals surface area contributed by atoms with E-state index in [4.69, 9.17) is 4.74 Å². The van der Waals surface area contributed by atoms with E-state index in [1.807, 2.05) is 31.2 Å². The largest absolute Gasteiger partial charge is 0.497 e. The van der Waals surface area contributed by atoms with Crippen molar-refractivity contribution in [1.82, 2.24) is 10.6 Å². The summed E-state index contributed by atoms with van der Waals surface area (Å²) in [5, 5.41) is 6.44. The number of benzene rings is 2. The van der Waals surface area contributed by atoms with E-state index in [0.717, 1.165) is 29.4 Å². The Morgan fingerprint density at radius 2 is 1.83 bits per heavy atom. The molecule has 0 amide bonds. The summed E-state index contributed by atoms with van der Waals surface area (Å²) in [6, 6.07) is 14.3. The first-order valence-corrected chi connectivity index (χ1v) is 7.61. The van der Waals surface area contributed by atoms with Crippen molar-refractivity contribution in [2.45, 2.75) is 20.0 Å². The number of rotatable bonds is 6. The first-order valence-electron chi connectivity index (χ1n) is 7.61. The van der Waals surface area contributed by atoms with Crippen LogP contribution in [0.15, 0.2) is 53.5 Å². The molecule has 6 heteroatoms. The monoisotopic (exact) mass is 443 g/mol. The minimum absolute atomic E-state index is 0. The molecule has 2 aromatic carbocycles. The topological polar surface area (TPSA) is 45.7 Å². The average molecular weight is 443 g/mol. The number of hydrogen-bond acceptors (Lipinski definition) is 2. The van der Waals surface area contributed by atoms with Crippen molar-refractivity contribution in [2.75, 3.05) is 13.7 Å². The van der Waals surface area contributed by atoms with Crippen LogP contribution in [0.4, 0.5) is 4.39 Å². The van der Waals surface area contributed by atoms with Crippen molar-refractivity contribution in [2.24, 2.45) is 4.99 Å². The first-order chi connectivity index (χ1) is 11.2. The predicted molar refractivity (Wildman–Crippen MR) is 106 cm³/mol. The highest BCUT2D eigenvalue weighted by Crippen LogP contribution is 2.13. The molecule has 0 aliphatic carbocycles. The Morgan fingerprint density at radius 1 is 1.08 bits per heavy atom. The predicted octanol–water partition coefficient (Wildman–Crippen LogP) is 3.71. The normalized spacial score (nSPS) is 10.7. The van der Waals surface area contributed by atoms with Gasteiger partial charge in [0.1, 0.15) is 11.6 Å². The maximum absolute atomic E-state index is 12.9. The standard InChI is InChI=1S/C18H22FN3O.HI/c1-3-20-18(21-12-14-7-9-16(19)10-8-14)22-13-15-5-4-6-17(11-15)23-2;/h4-11H,3,12-13H2,1-2H3,(H2,20,21,22);1H. The summed E-state index contributed by atoms with van der Waals surface area (Å²) in [7, 11) is 1.65. The smallest absolute Gasteiger partial charge is 0.191 e. The molecule has 0 spiro atoms. The van der Waals surface area contributed by atoms with Gasteiger partial charge in [-0.3, -0.25) is 0 Å². The van der Waals surface area contributed by atoms with Crippen molar-refractivity contribution in [3.05, 3.63) is 65.5 Å². The van der Waals surface area contributed by atoms with Gasteiger partial charge in [0.15, 0.2) is 5.96 Å². The molecule has 0 atom stereocenters. The van der Waals surface area contributed by atoms with Gasteiger partial charge < -0.3 is 15.4 Å². The van der Waals surface area contributed by atoms with Gasteiger partial charge in [-0.1, -0.05) is 24.3 Å². The molecule has 0 fully saturated rings. The molecule has 2 N–H and O–H groups in total. The highest BCUT2D eigenvalue weighted by molar-refractivity contribution is 14.0. The molecule has 2 rings (SSSR count). The maximum atomic E-state index is 12.9. The van der Waals surface area contributed by atoms with E-state index >= 15 is 0 Å². The Morgan fingerprint density at radius 3 is 2.50 bits per heavy atom. The molecule has 130 valence electrons. The van der Waals surface area contributed by atoms with Crippen LogP contribution in [0.3, 0.4) is 0 Å². The molecular weight excluding hydrogens is 420 g/mol. The molecule has 0 aromatic heterocycles. The average Bonchev–Trinajstić information content (AvgIpc) is 2.59. The van der Waals surface area contributed by atoms with Crippen LogP contribution in [-0.2, 0) is 13.1 Å². The van der Waals surface area contributed by atoms with Gasteiger partial charge in [-0.2, -0.15) is 0 Å². The van der Waals surface area contributed by atoms with Gasteiger partial charge in [0.05, 0.1) is 13.7 Å². The SMILES string of the molecule is CCNC(=NCc1cccc(OC)c1)NCc1ccc(F)cc1.I. The lowest BCUT2D eigenvalue weighted by atomic mass is 10.2. The Balaban J connectivity index is 0.00000288. The summed E-state index contributed by atoms with van der Waals surface area (Å²) in [5.74, 6) is 1.31. The van der Waals surface area contributed by atoms with Gasteiger partial charge in [-0.15, -0.1) is 24.0 Å². The van der Waals surface area contributed by atoms with Crippen molar-refractivity contribution in [3.63, 3.8) is 0 Å². The number of guanidine groups is 1. The van der Waals surface area contributed by atoms with Crippen LogP contribution in [0.1, 0.15) is 18.1 Å². The van der Waals surface area contributed by atoms with Gasteiger partial charge in [0, 0.05) is 13.1 Å². The molecule has 24 heavy (non-hydrogen) atoms. The Hall–Kier alpha value is -1.83. The van der Waals surface area contributed by atoms with E-state index in [1.54, 1.807) is 19.2 Å². The number of hydrogen-bond donors (Lipinski definition) is 2. The van der Waals surface area contributed by atoms with E-state index in [2.05, 4.69) is 15.6 Å². The first kappa shape index (κ1) is 20.2. The summed E-state index contributed by atoms with van der Waals surface area (Å²) < 4.78 is 18.1. The third-order valence-corrected chi connectivity index (χ3v) is 3.27. The highest BCUT2D eigenvalue weighted by atomic mass is 127. The van der Waals surface area contributed by atoms with Crippen LogP contribution in [0.5, 0.6) is 5.75 Å². The Bertz CT molecular complexity index is 647. The van der Waals surface area contributed by atoms with Crippen LogP contribution in [0, 0.1) is 5.82 Å². The van der Waals surface area contributed by atoms with Crippen LogP contribution < -0.4 is 15.4 Å². The zero-order valence-electron chi connectivity index (χ0n) is 13.9. The number of nitrogens with zero attached hydrogens (tertiary/aromatic N) is 1. The number of nitrogens with one attached hydrogen (secondary N) is 2. The molecule has 2 aromatic rings. The highest BCUT2D eigenvalue weighted by Gasteiger charge is 2.00. The second-order valence-electron chi connectivity index (χ2n) is 5.03. The molecule has 0 saturated carbocycles.